The zero-order valence-electron chi connectivity index (χ0n) is 11.1. The van der Waals surface area contributed by atoms with Crippen LogP contribution >= 0.6 is 11.8 Å². The maximum absolute atomic E-state index is 11.9. The van der Waals surface area contributed by atoms with Crippen LogP contribution in [0.15, 0.2) is 12.7 Å². The number of aliphatic carboxylic acids is 1. The van der Waals surface area contributed by atoms with Crippen LogP contribution in [0.2, 0.25) is 0 Å². The summed E-state index contributed by atoms with van der Waals surface area (Å²) in [4.78, 5) is 24.3. The van der Waals surface area contributed by atoms with Crippen LogP contribution < -0.4 is 5.32 Å². The van der Waals surface area contributed by atoms with Gasteiger partial charge >= 0.3 is 12.0 Å². The Morgan fingerprint density at radius 1 is 1.53 bits per heavy atom. The third-order valence-electron chi connectivity index (χ3n) is 3.03. The number of carbonyl (C=O) groups is 2. The fourth-order valence-electron chi connectivity index (χ4n) is 2.17. The fourth-order valence-corrected chi connectivity index (χ4v) is 2.75. The van der Waals surface area contributed by atoms with Crippen molar-refractivity contribution in [1.82, 2.24) is 10.2 Å². The van der Waals surface area contributed by atoms with Gasteiger partial charge in [0, 0.05) is 37.6 Å². The molecule has 0 spiro atoms. The number of rotatable bonds is 7. The van der Waals surface area contributed by atoms with Crippen molar-refractivity contribution in [1.29, 1.82) is 0 Å². The molecule has 0 aromatic rings. The van der Waals surface area contributed by atoms with Gasteiger partial charge in [-0.25, -0.2) is 4.79 Å². The topological polar surface area (TPSA) is 69.6 Å². The molecule has 1 rings (SSSR count). The minimum absolute atomic E-state index is 0.0747. The maximum Gasteiger partial charge on any atom is 0.317 e. The van der Waals surface area contributed by atoms with E-state index in [0.29, 0.717) is 13.1 Å². The van der Waals surface area contributed by atoms with Crippen molar-refractivity contribution in [3.63, 3.8) is 0 Å². The predicted octanol–water partition coefficient (Wildman–Crippen LogP) is 1.80. The van der Waals surface area contributed by atoms with Gasteiger partial charge in [0.1, 0.15) is 0 Å². The summed E-state index contributed by atoms with van der Waals surface area (Å²) in [5.41, 5.74) is 0. The van der Waals surface area contributed by atoms with Crippen molar-refractivity contribution in [2.75, 3.05) is 31.1 Å². The van der Waals surface area contributed by atoms with E-state index >= 15 is 0 Å². The van der Waals surface area contributed by atoms with Crippen LogP contribution in [0.3, 0.4) is 0 Å². The second kappa shape index (κ2) is 8.85. The first-order valence-electron chi connectivity index (χ1n) is 6.56. The second-order valence-electron chi connectivity index (χ2n) is 4.65. The monoisotopic (exact) mass is 286 g/mol. The summed E-state index contributed by atoms with van der Waals surface area (Å²) < 4.78 is 0. The van der Waals surface area contributed by atoms with E-state index in [1.165, 1.54) is 0 Å². The SMILES string of the molecule is C=CCSCCNC(=O)N1CCCC(CC(=O)O)C1. The van der Waals surface area contributed by atoms with E-state index in [1.807, 2.05) is 6.08 Å². The van der Waals surface area contributed by atoms with Crippen molar-refractivity contribution in [3.05, 3.63) is 12.7 Å². The predicted molar refractivity (Wildman–Crippen MR) is 77.5 cm³/mol. The molecule has 0 saturated carbocycles. The molecule has 5 nitrogen and oxygen atoms in total. The molecular weight excluding hydrogens is 264 g/mol. The number of thioether (sulfide) groups is 1. The minimum Gasteiger partial charge on any atom is -0.481 e. The van der Waals surface area contributed by atoms with Gasteiger partial charge in [-0.3, -0.25) is 4.79 Å². The Hall–Kier alpha value is -1.17. The lowest BCUT2D eigenvalue weighted by Crippen LogP contribution is -2.46. The molecule has 2 amide bonds. The third kappa shape index (κ3) is 6.52. The van der Waals surface area contributed by atoms with Gasteiger partial charge in [0.15, 0.2) is 0 Å². The van der Waals surface area contributed by atoms with E-state index in [1.54, 1.807) is 16.7 Å². The van der Waals surface area contributed by atoms with Crippen LogP contribution in [-0.4, -0.2) is 53.1 Å². The standard InChI is InChI=1S/C13H22N2O3S/c1-2-7-19-8-5-14-13(18)15-6-3-4-11(10-15)9-12(16)17/h2,11H,1,3-10H2,(H,14,18)(H,16,17). The minimum atomic E-state index is -0.784. The Bertz CT molecular complexity index is 323. The number of nitrogens with one attached hydrogen (secondary N) is 1. The summed E-state index contributed by atoms with van der Waals surface area (Å²) in [7, 11) is 0. The van der Waals surface area contributed by atoms with Crippen molar-refractivity contribution in [2.45, 2.75) is 19.3 Å². The van der Waals surface area contributed by atoms with Crippen LogP contribution in [0.4, 0.5) is 4.79 Å². The van der Waals surface area contributed by atoms with Gasteiger partial charge in [0.25, 0.3) is 0 Å². The molecule has 1 saturated heterocycles. The van der Waals surface area contributed by atoms with Gasteiger partial charge < -0.3 is 15.3 Å². The number of piperidine rings is 1. The Kier molecular flexibility index (Phi) is 7.40. The van der Waals surface area contributed by atoms with E-state index < -0.39 is 5.97 Å². The fraction of sp³-hybridized carbons (Fsp3) is 0.692. The second-order valence-corrected chi connectivity index (χ2v) is 5.80. The summed E-state index contributed by atoms with van der Waals surface area (Å²) in [5, 5.41) is 11.7. The third-order valence-corrected chi connectivity index (χ3v) is 3.99. The Morgan fingerprint density at radius 3 is 3.00 bits per heavy atom. The van der Waals surface area contributed by atoms with Gasteiger partial charge in [0.2, 0.25) is 0 Å². The summed E-state index contributed by atoms with van der Waals surface area (Å²) >= 11 is 1.72. The molecule has 0 radical (unpaired) electrons. The molecule has 6 heteroatoms. The number of urea groups is 1. The average molecular weight is 286 g/mol. The average Bonchev–Trinajstić information content (AvgIpc) is 2.38. The lowest BCUT2D eigenvalue weighted by Gasteiger charge is -2.32. The summed E-state index contributed by atoms with van der Waals surface area (Å²) in [6.07, 6.45) is 3.77. The molecular formula is C13H22N2O3S. The molecule has 0 aliphatic carbocycles. The van der Waals surface area contributed by atoms with Crippen LogP contribution in [0.25, 0.3) is 0 Å². The molecule has 1 unspecified atom stereocenters. The van der Waals surface area contributed by atoms with Crippen molar-refractivity contribution < 1.29 is 14.7 Å². The molecule has 108 valence electrons. The van der Waals surface area contributed by atoms with Crippen LogP contribution in [-0.2, 0) is 4.79 Å². The lowest BCUT2D eigenvalue weighted by atomic mass is 9.95. The molecule has 1 aliphatic heterocycles. The number of nitrogens with zero attached hydrogens (tertiary/aromatic N) is 1. The summed E-state index contributed by atoms with van der Waals surface area (Å²) in [6, 6.07) is -0.0747. The first kappa shape index (κ1) is 15.9. The first-order chi connectivity index (χ1) is 9.13. The Labute approximate surface area is 118 Å². The molecule has 19 heavy (non-hydrogen) atoms. The van der Waals surface area contributed by atoms with E-state index in [9.17, 15) is 9.59 Å². The van der Waals surface area contributed by atoms with Gasteiger partial charge in [0.05, 0.1) is 0 Å². The largest absolute Gasteiger partial charge is 0.481 e. The molecule has 2 N–H and O–H groups in total. The van der Waals surface area contributed by atoms with Gasteiger partial charge in [-0.05, 0) is 18.8 Å². The number of carboxylic acids is 1. The quantitative estimate of drug-likeness (QED) is 0.553. The van der Waals surface area contributed by atoms with Crippen molar-refractivity contribution in [3.8, 4) is 0 Å². The first-order valence-corrected chi connectivity index (χ1v) is 7.72. The van der Waals surface area contributed by atoms with Gasteiger partial charge in [-0.1, -0.05) is 6.08 Å². The molecule has 1 atom stereocenters. The molecule has 1 fully saturated rings. The number of carbonyl (C=O) groups excluding carboxylic acids is 1. The van der Waals surface area contributed by atoms with E-state index in [-0.39, 0.29) is 18.4 Å². The van der Waals surface area contributed by atoms with Crippen LogP contribution in [0, 0.1) is 5.92 Å². The normalized spacial score (nSPS) is 18.9. The number of hydrogen-bond donors (Lipinski definition) is 2. The zero-order valence-corrected chi connectivity index (χ0v) is 12.0. The smallest absolute Gasteiger partial charge is 0.317 e. The molecule has 0 bridgehead atoms. The van der Waals surface area contributed by atoms with Gasteiger partial charge in [-0.2, -0.15) is 11.8 Å². The van der Waals surface area contributed by atoms with E-state index in [0.717, 1.165) is 30.9 Å². The molecule has 1 heterocycles. The van der Waals surface area contributed by atoms with E-state index in [4.69, 9.17) is 5.11 Å². The number of likely N-dealkylation sites (tertiary alicyclic amines) is 1. The Morgan fingerprint density at radius 2 is 2.32 bits per heavy atom. The number of hydrogen-bond acceptors (Lipinski definition) is 3. The van der Waals surface area contributed by atoms with Crippen molar-refractivity contribution in [2.24, 2.45) is 5.92 Å². The number of amides is 2. The zero-order chi connectivity index (χ0) is 14.1. The molecule has 0 aromatic carbocycles. The van der Waals surface area contributed by atoms with Crippen LogP contribution in [0.1, 0.15) is 19.3 Å². The highest BCUT2D eigenvalue weighted by Crippen LogP contribution is 2.19. The Balaban J connectivity index is 2.23. The lowest BCUT2D eigenvalue weighted by molar-refractivity contribution is -0.138. The summed E-state index contributed by atoms with van der Waals surface area (Å²) in [5.74, 6) is 1.06. The molecule has 1 aliphatic rings. The highest BCUT2D eigenvalue weighted by Gasteiger charge is 2.24. The van der Waals surface area contributed by atoms with E-state index in [2.05, 4.69) is 11.9 Å². The van der Waals surface area contributed by atoms with Gasteiger partial charge in [-0.15, -0.1) is 6.58 Å². The molecule has 0 aromatic heterocycles. The van der Waals surface area contributed by atoms with Crippen LogP contribution in [0.5, 0.6) is 0 Å². The maximum atomic E-state index is 11.9. The highest BCUT2D eigenvalue weighted by molar-refractivity contribution is 7.99. The highest BCUT2D eigenvalue weighted by atomic mass is 32.2. The summed E-state index contributed by atoms with van der Waals surface area (Å²) in [6.45, 7) is 5.55. The number of carboxylic acid groups (broad SMARTS) is 1. The van der Waals surface area contributed by atoms with Crippen molar-refractivity contribution >= 4 is 23.8 Å².